The first-order valence-corrected chi connectivity index (χ1v) is 12.9. The molecule has 0 aliphatic rings. The first-order valence-electron chi connectivity index (χ1n) is 8.51. The monoisotopic (exact) mass is 412 g/mol. The third kappa shape index (κ3) is 10.6. The second kappa shape index (κ2) is 11.5. The van der Waals surface area contributed by atoms with Crippen LogP contribution < -0.4 is 0 Å². The zero-order valence-electron chi connectivity index (χ0n) is 14.6. The number of halogens is 1. The molecule has 0 aromatic heterocycles. The Morgan fingerprint density at radius 1 is 0.750 bits per heavy atom. The topological polar surface area (TPSA) is 9.23 Å². The summed E-state index contributed by atoms with van der Waals surface area (Å²) in [7, 11) is -1.50. The average Bonchev–Trinajstić information content (AvgIpc) is 2.34. The molecule has 0 bridgehead atoms. The zero-order valence-corrected chi connectivity index (χ0v) is 17.7. The van der Waals surface area contributed by atoms with Crippen LogP contribution in [0.15, 0.2) is 0 Å². The summed E-state index contributed by atoms with van der Waals surface area (Å²) in [6.45, 7) is 12.6. The van der Waals surface area contributed by atoms with Crippen molar-refractivity contribution in [3.05, 3.63) is 0 Å². The fraction of sp³-hybridized carbons (Fsp3) is 1.00. The summed E-state index contributed by atoms with van der Waals surface area (Å²) in [4.78, 5) is 0. The quantitative estimate of drug-likeness (QED) is 0.146. The molecular weight excluding hydrogens is 375 g/mol. The molecule has 0 unspecified atom stereocenters. The Labute approximate surface area is 142 Å². The van der Waals surface area contributed by atoms with E-state index in [1.807, 2.05) is 0 Å². The van der Waals surface area contributed by atoms with Crippen LogP contribution in [-0.2, 0) is 4.43 Å². The minimum Gasteiger partial charge on any atom is -0.417 e. The summed E-state index contributed by atoms with van der Waals surface area (Å²) >= 11 is 2.48. The van der Waals surface area contributed by atoms with Gasteiger partial charge in [0, 0.05) is 6.61 Å². The first kappa shape index (κ1) is 20.9. The van der Waals surface area contributed by atoms with Crippen molar-refractivity contribution in [2.24, 2.45) is 0 Å². The molecule has 0 spiro atoms. The maximum Gasteiger partial charge on any atom is 0.191 e. The van der Waals surface area contributed by atoms with Gasteiger partial charge in [-0.2, -0.15) is 0 Å². The molecule has 0 N–H and O–H groups in total. The van der Waals surface area contributed by atoms with E-state index in [9.17, 15) is 0 Å². The van der Waals surface area contributed by atoms with Gasteiger partial charge < -0.3 is 4.43 Å². The van der Waals surface area contributed by atoms with E-state index in [-0.39, 0.29) is 0 Å². The van der Waals surface area contributed by atoms with Crippen molar-refractivity contribution in [3.8, 4) is 0 Å². The van der Waals surface area contributed by atoms with Gasteiger partial charge in [-0.05, 0) is 35.4 Å². The fourth-order valence-electron chi connectivity index (χ4n) is 1.98. The normalized spacial score (nSPS) is 12.9. The van der Waals surface area contributed by atoms with Crippen LogP contribution in [0.2, 0.25) is 18.1 Å². The van der Waals surface area contributed by atoms with E-state index >= 15 is 0 Å². The minimum absolute atomic E-state index is 0.352. The number of rotatable bonds is 12. The van der Waals surface area contributed by atoms with Crippen LogP contribution in [0.1, 0.15) is 78.6 Å². The molecule has 0 heterocycles. The van der Waals surface area contributed by atoms with Crippen LogP contribution in [0.4, 0.5) is 0 Å². The van der Waals surface area contributed by atoms with Crippen molar-refractivity contribution < 1.29 is 4.43 Å². The van der Waals surface area contributed by atoms with Gasteiger partial charge in [-0.3, -0.25) is 0 Å². The Bertz CT molecular complexity index is 224. The lowest BCUT2D eigenvalue weighted by atomic mass is 10.1. The summed E-state index contributed by atoms with van der Waals surface area (Å²) in [6, 6.07) is 0. The molecule has 0 aliphatic heterocycles. The maximum atomic E-state index is 6.20. The van der Waals surface area contributed by atoms with E-state index in [1.54, 1.807) is 0 Å². The van der Waals surface area contributed by atoms with Crippen molar-refractivity contribution in [1.29, 1.82) is 0 Å². The fourth-order valence-corrected chi connectivity index (χ4v) is 3.60. The summed E-state index contributed by atoms with van der Waals surface area (Å²) in [6.07, 6.45) is 12.6. The van der Waals surface area contributed by atoms with Gasteiger partial charge in [-0.1, -0.05) is 88.3 Å². The number of alkyl halides is 1. The van der Waals surface area contributed by atoms with Gasteiger partial charge in [-0.15, -0.1) is 0 Å². The SMILES string of the molecule is CC(C)(C)[Si](C)(C)OCCCCCCCCCCCI. The van der Waals surface area contributed by atoms with Crippen molar-refractivity contribution >= 4 is 30.9 Å². The molecular formula is C17H37IOSi. The Morgan fingerprint density at radius 2 is 1.15 bits per heavy atom. The lowest BCUT2D eigenvalue weighted by molar-refractivity contribution is 0.277. The van der Waals surface area contributed by atoms with E-state index in [0.29, 0.717) is 5.04 Å². The van der Waals surface area contributed by atoms with Crippen molar-refractivity contribution in [1.82, 2.24) is 0 Å². The van der Waals surface area contributed by atoms with Gasteiger partial charge in [-0.25, -0.2) is 0 Å². The number of hydrogen-bond acceptors (Lipinski definition) is 1. The molecule has 0 fully saturated rings. The molecule has 0 radical (unpaired) electrons. The van der Waals surface area contributed by atoms with E-state index in [1.165, 1.54) is 62.2 Å². The molecule has 0 rings (SSSR count). The predicted molar refractivity (Wildman–Crippen MR) is 104 cm³/mol. The zero-order chi connectivity index (χ0) is 15.5. The molecule has 0 aliphatic carbocycles. The summed E-state index contributed by atoms with van der Waals surface area (Å²) in [5, 5.41) is 0.352. The Hall–Kier alpha value is 0.907. The molecule has 3 heteroatoms. The van der Waals surface area contributed by atoms with Crippen LogP contribution in [0, 0.1) is 0 Å². The van der Waals surface area contributed by atoms with Crippen LogP contribution in [0.5, 0.6) is 0 Å². The van der Waals surface area contributed by atoms with Crippen LogP contribution >= 0.6 is 22.6 Å². The average molecular weight is 412 g/mol. The molecule has 0 saturated carbocycles. The molecule has 1 nitrogen and oxygen atoms in total. The van der Waals surface area contributed by atoms with Crippen LogP contribution in [-0.4, -0.2) is 19.4 Å². The van der Waals surface area contributed by atoms with Gasteiger partial charge in [0.1, 0.15) is 0 Å². The molecule has 0 atom stereocenters. The Balaban J connectivity index is 3.33. The second-order valence-electron chi connectivity index (χ2n) is 7.48. The van der Waals surface area contributed by atoms with Crippen molar-refractivity contribution in [2.75, 3.05) is 11.0 Å². The highest BCUT2D eigenvalue weighted by molar-refractivity contribution is 14.1. The predicted octanol–water partition coefficient (Wildman–Crippen LogP) is 6.95. The largest absolute Gasteiger partial charge is 0.417 e. The van der Waals surface area contributed by atoms with E-state index in [2.05, 4.69) is 56.5 Å². The maximum absolute atomic E-state index is 6.20. The standard InChI is InChI=1S/C17H37IOSi/c1-17(2,3)20(4,5)19-16-14-12-10-8-6-7-9-11-13-15-18/h6-16H2,1-5H3. The van der Waals surface area contributed by atoms with Crippen molar-refractivity contribution in [2.45, 2.75) is 96.7 Å². The Kier molecular flexibility index (Phi) is 12.0. The third-order valence-electron chi connectivity index (χ3n) is 4.55. The highest BCUT2D eigenvalue weighted by Gasteiger charge is 2.36. The lowest BCUT2D eigenvalue weighted by Gasteiger charge is -2.36. The number of hydrogen-bond donors (Lipinski definition) is 0. The van der Waals surface area contributed by atoms with Crippen LogP contribution in [0.3, 0.4) is 0 Å². The Morgan fingerprint density at radius 3 is 1.55 bits per heavy atom. The molecule has 0 saturated heterocycles. The first-order chi connectivity index (χ1) is 9.31. The summed E-state index contributed by atoms with van der Waals surface area (Å²) < 4.78 is 7.53. The van der Waals surface area contributed by atoms with E-state index in [4.69, 9.17) is 4.43 Å². The molecule has 0 amide bonds. The highest BCUT2D eigenvalue weighted by atomic mass is 127. The smallest absolute Gasteiger partial charge is 0.191 e. The molecule has 0 aromatic carbocycles. The highest BCUT2D eigenvalue weighted by Crippen LogP contribution is 2.36. The third-order valence-corrected chi connectivity index (χ3v) is 9.85. The second-order valence-corrected chi connectivity index (χ2v) is 13.4. The molecule has 20 heavy (non-hydrogen) atoms. The van der Waals surface area contributed by atoms with Gasteiger partial charge >= 0.3 is 0 Å². The number of unbranched alkanes of at least 4 members (excludes halogenated alkanes) is 8. The van der Waals surface area contributed by atoms with Gasteiger partial charge in [0.05, 0.1) is 0 Å². The summed E-state index contributed by atoms with van der Waals surface area (Å²) in [5.41, 5.74) is 0. The van der Waals surface area contributed by atoms with Gasteiger partial charge in [0.2, 0.25) is 0 Å². The molecule has 122 valence electrons. The van der Waals surface area contributed by atoms with Crippen molar-refractivity contribution in [3.63, 3.8) is 0 Å². The summed E-state index contributed by atoms with van der Waals surface area (Å²) in [5.74, 6) is 0. The minimum atomic E-state index is -1.50. The van der Waals surface area contributed by atoms with Gasteiger partial charge in [0.25, 0.3) is 0 Å². The van der Waals surface area contributed by atoms with Gasteiger partial charge in [0.15, 0.2) is 8.32 Å². The van der Waals surface area contributed by atoms with E-state index in [0.717, 1.165) is 6.61 Å². The van der Waals surface area contributed by atoms with Crippen LogP contribution in [0.25, 0.3) is 0 Å². The lowest BCUT2D eigenvalue weighted by Crippen LogP contribution is -2.40. The van der Waals surface area contributed by atoms with E-state index < -0.39 is 8.32 Å². The molecule has 0 aromatic rings.